The molecule has 0 saturated heterocycles. The van der Waals surface area contributed by atoms with Gasteiger partial charge in [-0.05, 0) is 50.5 Å². The number of rotatable bonds is 4. The van der Waals surface area contributed by atoms with Crippen LogP contribution < -0.4 is 0 Å². The summed E-state index contributed by atoms with van der Waals surface area (Å²) in [5, 5.41) is 0.822. The second-order valence-electron chi connectivity index (χ2n) is 5.86. The minimum absolute atomic E-state index is 0.534. The van der Waals surface area contributed by atoms with Gasteiger partial charge in [0.25, 0.3) is 0 Å². The molecule has 1 fully saturated rings. The van der Waals surface area contributed by atoms with Crippen molar-refractivity contribution < 1.29 is 0 Å². The highest BCUT2D eigenvalue weighted by Gasteiger charge is 2.25. The van der Waals surface area contributed by atoms with Gasteiger partial charge in [0.2, 0.25) is 0 Å². The number of imidazole rings is 1. The lowest BCUT2D eigenvalue weighted by atomic mass is 9.94. The Morgan fingerprint density at radius 3 is 2.76 bits per heavy atom. The van der Waals surface area contributed by atoms with Crippen LogP contribution in [0.2, 0.25) is 0 Å². The van der Waals surface area contributed by atoms with Crippen molar-refractivity contribution in [1.82, 2.24) is 14.5 Å². The third-order valence-corrected chi connectivity index (χ3v) is 5.73. The van der Waals surface area contributed by atoms with Crippen LogP contribution in [0.3, 0.4) is 0 Å². The first-order valence-corrected chi connectivity index (χ1v) is 9.47. The quantitative estimate of drug-likeness (QED) is 0.783. The second-order valence-corrected chi connectivity index (χ2v) is 7.37. The summed E-state index contributed by atoms with van der Waals surface area (Å²) in [5.41, 5.74) is 3.21. The second kappa shape index (κ2) is 6.57. The Balaban J connectivity index is 1.97. The normalized spacial score (nSPS) is 22.8. The van der Waals surface area contributed by atoms with Crippen LogP contribution in [0.25, 0.3) is 11.2 Å². The molecule has 3 nitrogen and oxygen atoms in total. The van der Waals surface area contributed by atoms with Crippen molar-refractivity contribution in [2.45, 2.75) is 50.3 Å². The lowest BCUT2D eigenvalue weighted by Crippen LogP contribution is -2.21. The third-order valence-electron chi connectivity index (χ3n) is 4.40. The largest absolute Gasteiger partial charge is 0.310 e. The van der Waals surface area contributed by atoms with Crippen LogP contribution >= 0.6 is 23.4 Å². The van der Waals surface area contributed by atoms with Crippen LogP contribution in [0.15, 0.2) is 12.3 Å². The Morgan fingerprint density at radius 2 is 2.10 bits per heavy atom. The maximum atomic E-state index is 5.97. The number of thioether (sulfide) groups is 1. The van der Waals surface area contributed by atoms with Crippen LogP contribution in [-0.4, -0.2) is 31.9 Å². The molecule has 2 heterocycles. The Kier molecular flexibility index (Phi) is 4.75. The molecule has 114 valence electrons. The predicted octanol–water partition coefficient (Wildman–Crippen LogP) is 4.37. The molecular formula is C16H22ClN3S. The van der Waals surface area contributed by atoms with Crippen molar-refractivity contribution in [1.29, 1.82) is 0 Å². The van der Waals surface area contributed by atoms with Gasteiger partial charge in [0.1, 0.15) is 11.3 Å². The molecule has 0 aliphatic heterocycles. The van der Waals surface area contributed by atoms with Gasteiger partial charge in [0.15, 0.2) is 5.65 Å². The summed E-state index contributed by atoms with van der Waals surface area (Å²) in [7, 11) is 0. The molecule has 0 atom stereocenters. The molecule has 3 rings (SSSR count). The third kappa shape index (κ3) is 3.07. The first-order chi connectivity index (χ1) is 10.2. The van der Waals surface area contributed by atoms with Crippen molar-refractivity contribution in [2.24, 2.45) is 0 Å². The Hall–Kier alpha value is -0.740. The van der Waals surface area contributed by atoms with Crippen LogP contribution in [0.5, 0.6) is 0 Å². The Morgan fingerprint density at radius 1 is 1.33 bits per heavy atom. The molecule has 0 radical (unpaired) electrons. The molecule has 21 heavy (non-hydrogen) atoms. The van der Waals surface area contributed by atoms with E-state index in [1.165, 1.54) is 25.7 Å². The van der Waals surface area contributed by atoms with E-state index in [1.807, 2.05) is 18.0 Å². The minimum atomic E-state index is 0.534. The number of halogens is 1. The SMILES string of the molecule is CSC1CCC(n2c(CCCl)nc3cc(C)cnc32)CC1. The van der Waals surface area contributed by atoms with Gasteiger partial charge in [0, 0.05) is 29.8 Å². The van der Waals surface area contributed by atoms with Gasteiger partial charge in [-0.2, -0.15) is 11.8 Å². The Labute approximate surface area is 135 Å². The van der Waals surface area contributed by atoms with E-state index in [2.05, 4.69) is 28.8 Å². The van der Waals surface area contributed by atoms with Crippen molar-refractivity contribution in [3.05, 3.63) is 23.7 Å². The number of nitrogens with zero attached hydrogens (tertiary/aromatic N) is 3. The molecule has 1 aliphatic carbocycles. The summed E-state index contributed by atoms with van der Waals surface area (Å²) in [6.45, 7) is 2.07. The van der Waals surface area contributed by atoms with Gasteiger partial charge < -0.3 is 4.57 Å². The van der Waals surface area contributed by atoms with Crippen LogP contribution in [0.4, 0.5) is 0 Å². The molecule has 0 bridgehead atoms. The summed E-state index contributed by atoms with van der Waals surface area (Å²) < 4.78 is 2.37. The smallest absolute Gasteiger partial charge is 0.160 e. The van der Waals surface area contributed by atoms with Gasteiger partial charge in [0.05, 0.1) is 0 Å². The first kappa shape index (κ1) is 15.2. The molecule has 0 amide bonds. The van der Waals surface area contributed by atoms with Crippen molar-refractivity contribution in [3.8, 4) is 0 Å². The first-order valence-electron chi connectivity index (χ1n) is 7.65. The monoisotopic (exact) mass is 323 g/mol. The number of aryl methyl sites for hydroxylation is 2. The number of fused-ring (bicyclic) bond motifs is 1. The predicted molar refractivity (Wildman–Crippen MR) is 91.5 cm³/mol. The number of hydrogen-bond donors (Lipinski definition) is 0. The molecule has 2 aromatic heterocycles. The molecule has 0 aromatic carbocycles. The zero-order chi connectivity index (χ0) is 14.8. The highest BCUT2D eigenvalue weighted by molar-refractivity contribution is 7.99. The highest BCUT2D eigenvalue weighted by Crippen LogP contribution is 2.36. The van der Waals surface area contributed by atoms with Gasteiger partial charge in [-0.15, -0.1) is 11.6 Å². The molecule has 0 N–H and O–H groups in total. The van der Waals surface area contributed by atoms with Crippen molar-refractivity contribution in [2.75, 3.05) is 12.1 Å². The average Bonchev–Trinajstić information content (AvgIpc) is 2.85. The summed E-state index contributed by atoms with van der Waals surface area (Å²) in [4.78, 5) is 9.44. The molecule has 0 unspecified atom stereocenters. The van der Waals surface area contributed by atoms with E-state index < -0.39 is 0 Å². The highest BCUT2D eigenvalue weighted by atomic mass is 35.5. The Bertz CT molecular complexity index is 617. The number of hydrogen-bond acceptors (Lipinski definition) is 3. The maximum absolute atomic E-state index is 5.97. The van der Waals surface area contributed by atoms with E-state index in [4.69, 9.17) is 16.6 Å². The number of alkyl halides is 1. The fourth-order valence-electron chi connectivity index (χ4n) is 3.31. The summed E-state index contributed by atoms with van der Waals surface area (Å²) in [6, 6.07) is 2.66. The van der Waals surface area contributed by atoms with E-state index in [0.717, 1.165) is 34.2 Å². The van der Waals surface area contributed by atoms with Gasteiger partial charge in [-0.1, -0.05) is 0 Å². The van der Waals surface area contributed by atoms with Crippen LogP contribution in [0.1, 0.15) is 43.1 Å². The number of pyridine rings is 1. The lowest BCUT2D eigenvalue weighted by molar-refractivity contribution is 0.358. The molecule has 0 spiro atoms. The van der Waals surface area contributed by atoms with Gasteiger partial charge in [-0.3, -0.25) is 0 Å². The molecule has 1 aliphatic rings. The summed E-state index contributed by atoms with van der Waals surface area (Å²) in [5.74, 6) is 1.72. The maximum Gasteiger partial charge on any atom is 0.160 e. The lowest BCUT2D eigenvalue weighted by Gasteiger charge is -2.29. The molecule has 2 aromatic rings. The minimum Gasteiger partial charge on any atom is -0.310 e. The van der Waals surface area contributed by atoms with Gasteiger partial charge >= 0.3 is 0 Å². The van der Waals surface area contributed by atoms with E-state index in [9.17, 15) is 0 Å². The fourth-order valence-corrected chi connectivity index (χ4v) is 4.23. The zero-order valence-electron chi connectivity index (χ0n) is 12.7. The fraction of sp³-hybridized carbons (Fsp3) is 0.625. The summed E-state index contributed by atoms with van der Waals surface area (Å²) >= 11 is 7.98. The molecule has 1 saturated carbocycles. The van der Waals surface area contributed by atoms with Gasteiger partial charge in [-0.25, -0.2) is 9.97 Å². The van der Waals surface area contributed by atoms with Crippen molar-refractivity contribution in [3.63, 3.8) is 0 Å². The topological polar surface area (TPSA) is 30.7 Å². The standard InChI is InChI=1S/C16H22ClN3S/c1-11-9-14-16(18-10-11)20(15(19-14)7-8-17)12-3-5-13(21-2)6-4-12/h9-10,12-13H,3-8H2,1-2H3. The van der Waals surface area contributed by atoms with Crippen LogP contribution in [-0.2, 0) is 6.42 Å². The summed E-state index contributed by atoms with van der Waals surface area (Å²) in [6.07, 6.45) is 10.0. The van der Waals surface area contributed by atoms with Crippen molar-refractivity contribution >= 4 is 34.5 Å². The van der Waals surface area contributed by atoms with E-state index >= 15 is 0 Å². The number of aromatic nitrogens is 3. The zero-order valence-corrected chi connectivity index (χ0v) is 14.3. The van der Waals surface area contributed by atoms with E-state index in [-0.39, 0.29) is 0 Å². The van der Waals surface area contributed by atoms with E-state index in [0.29, 0.717) is 11.9 Å². The molecule has 5 heteroatoms. The average molecular weight is 324 g/mol. The van der Waals surface area contributed by atoms with E-state index in [1.54, 1.807) is 0 Å². The van der Waals surface area contributed by atoms with Crippen LogP contribution in [0, 0.1) is 6.92 Å². The molecular weight excluding hydrogens is 302 g/mol.